The van der Waals surface area contributed by atoms with Gasteiger partial charge in [0.15, 0.2) is 0 Å². The fourth-order valence-electron chi connectivity index (χ4n) is 4.51. The van der Waals surface area contributed by atoms with Crippen molar-refractivity contribution >= 4 is 53.2 Å². The molecule has 1 aromatic rings. The summed E-state index contributed by atoms with van der Waals surface area (Å²) in [7, 11) is 0. The lowest BCUT2D eigenvalue weighted by Crippen LogP contribution is -2.62. The standard InChI is InChI=1S/C31H47N9O14/c1-14(44)24(40-28(51)19(10-22(33)45)37-26(49)16(32)11-41)31(54)39-21(13-43)29(52)35-17(7-8-23(46)47)27(50)38-20(12-42)30(53)36-18(25(34)48)9-15-5-3-2-4-6-15/h2-6,14,16-21,24,41-44H,7-13,32H2,1H3,(H2,33,45)(H2,34,48)(H,35,52)(H,36,53)(H,37,49)(H,38,50)(H,39,54)(H,40,51)(H,46,47)/t14-,16+,17+,18+,19+,20+,21+,24+/m1/s1. The highest BCUT2D eigenvalue weighted by atomic mass is 16.4. The largest absolute Gasteiger partial charge is 0.481 e. The van der Waals surface area contributed by atoms with Gasteiger partial charge in [0.1, 0.15) is 42.3 Å². The monoisotopic (exact) mass is 769 g/mol. The van der Waals surface area contributed by atoms with Crippen LogP contribution in [-0.2, 0) is 49.6 Å². The number of primary amides is 2. The maximum Gasteiger partial charge on any atom is 0.303 e. The van der Waals surface area contributed by atoms with E-state index in [1.54, 1.807) is 30.3 Å². The summed E-state index contributed by atoms with van der Waals surface area (Å²) in [5.74, 6) is -10.6. The number of nitrogens with two attached hydrogens (primary N) is 3. The van der Waals surface area contributed by atoms with E-state index in [0.29, 0.717) is 5.56 Å². The molecule has 23 heteroatoms. The molecule has 8 amide bonds. The Balaban J connectivity index is 3.12. The van der Waals surface area contributed by atoms with Crippen LogP contribution >= 0.6 is 0 Å². The first-order valence-electron chi connectivity index (χ1n) is 16.3. The maximum absolute atomic E-state index is 13.2. The van der Waals surface area contributed by atoms with Crippen LogP contribution in [0.1, 0.15) is 31.7 Å². The molecule has 0 aliphatic carbocycles. The summed E-state index contributed by atoms with van der Waals surface area (Å²) in [6.07, 6.45) is -3.87. The van der Waals surface area contributed by atoms with Gasteiger partial charge in [0.2, 0.25) is 47.3 Å². The summed E-state index contributed by atoms with van der Waals surface area (Å²) in [6.45, 7) is -1.96. The molecule has 0 aliphatic rings. The second-order valence-electron chi connectivity index (χ2n) is 11.9. The van der Waals surface area contributed by atoms with Crippen LogP contribution in [0.25, 0.3) is 0 Å². The van der Waals surface area contributed by atoms with E-state index in [4.69, 9.17) is 22.3 Å². The predicted octanol–water partition coefficient (Wildman–Crippen LogP) is -7.95. The van der Waals surface area contributed by atoms with Crippen LogP contribution in [0.2, 0.25) is 0 Å². The van der Waals surface area contributed by atoms with E-state index in [1.807, 2.05) is 5.32 Å². The number of carboxylic acids is 1. The van der Waals surface area contributed by atoms with Crippen molar-refractivity contribution in [3.63, 3.8) is 0 Å². The number of carbonyl (C=O) groups excluding carboxylic acids is 8. The zero-order chi connectivity index (χ0) is 41.1. The number of hydrogen-bond donors (Lipinski definition) is 14. The Morgan fingerprint density at radius 1 is 0.630 bits per heavy atom. The SMILES string of the molecule is C[C@@H](O)[C@H](NC(=O)[C@H](CC(N)=O)NC(=O)[C@@H](N)CO)C(=O)N[C@@H](CO)C(=O)N[C@@H](CCC(=O)O)C(=O)N[C@@H](CO)C(=O)N[C@@H](Cc1ccccc1)C(N)=O. The van der Waals surface area contributed by atoms with Crippen molar-refractivity contribution in [2.24, 2.45) is 17.2 Å². The Morgan fingerprint density at radius 3 is 1.56 bits per heavy atom. The molecule has 0 saturated carbocycles. The molecular weight excluding hydrogens is 722 g/mol. The van der Waals surface area contributed by atoms with Crippen LogP contribution in [0.5, 0.6) is 0 Å². The number of aliphatic hydroxyl groups is 4. The minimum atomic E-state index is -1.91. The van der Waals surface area contributed by atoms with Gasteiger partial charge in [0.05, 0.1) is 32.3 Å². The van der Waals surface area contributed by atoms with Gasteiger partial charge in [-0.25, -0.2) is 0 Å². The topological polar surface area (TPSA) is 405 Å². The van der Waals surface area contributed by atoms with Crippen LogP contribution in [0, 0.1) is 0 Å². The van der Waals surface area contributed by atoms with Crippen LogP contribution < -0.4 is 49.1 Å². The molecule has 0 saturated heterocycles. The number of aliphatic hydroxyl groups excluding tert-OH is 4. The van der Waals surface area contributed by atoms with Gasteiger partial charge in [-0.15, -0.1) is 0 Å². The Bertz CT molecular complexity index is 1500. The first-order valence-corrected chi connectivity index (χ1v) is 16.3. The third-order valence-corrected chi connectivity index (χ3v) is 7.49. The molecule has 0 aromatic heterocycles. The molecule has 300 valence electrons. The smallest absolute Gasteiger partial charge is 0.303 e. The predicted molar refractivity (Wildman–Crippen MR) is 183 cm³/mol. The molecule has 0 spiro atoms. The summed E-state index contributed by atoms with van der Waals surface area (Å²) in [6, 6.07) is -3.41. The fraction of sp³-hybridized carbons (Fsp3) is 0.516. The van der Waals surface area contributed by atoms with E-state index in [0.717, 1.165) is 6.92 Å². The third-order valence-electron chi connectivity index (χ3n) is 7.49. The van der Waals surface area contributed by atoms with Crippen LogP contribution in [0.3, 0.4) is 0 Å². The average Bonchev–Trinajstić information content (AvgIpc) is 3.11. The second kappa shape index (κ2) is 23.0. The zero-order valence-electron chi connectivity index (χ0n) is 29.1. The first kappa shape index (κ1) is 46.3. The molecule has 1 rings (SSSR count). The van der Waals surface area contributed by atoms with Crippen molar-refractivity contribution in [3.8, 4) is 0 Å². The Morgan fingerprint density at radius 2 is 1.09 bits per heavy atom. The van der Waals surface area contributed by atoms with Gasteiger partial charge < -0.3 is 74.6 Å². The molecule has 0 bridgehead atoms. The maximum atomic E-state index is 13.2. The summed E-state index contributed by atoms with van der Waals surface area (Å²) in [4.78, 5) is 112. The molecule has 0 heterocycles. The summed E-state index contributed by atoms with van der Waals surface area (Å²) in [5.41, 5.74) is 16.6. The van der Waals surface area contributed by atoms with E-state index in [-0.39, 0.29) is 6.42 Å². The number of benzene rings is 1. The highest BCUT2D eigenvalue weighted by Crippen LogP contribution is 2.06. The molecule has 0 unspecified atom stereocenters. The van der Waals surface area contributed by atoms with Gasteiger partial charge in [0, 0.05) is 12.8 Å². The second-order valence-corrected chi connectivity index (χ2v) is 11.9. The van der Waals surface area contributed by atoms with Crippen molar-refractivity contribution in [3.05, 3.63) is 35.9 Å². The van der Waals surface area contributed by atoms with Crippen LogP contribution in [-0.4, -0.2) is 147 Å². The normalized spacial score (nSPS) is 15.3. The minimum absolute atomic E-state index is 0.0387. The fourth-order valence-corrected chi connectivity index (χ4v) is 4.51. The van der Waals surface area contributed by atoms with Crippen molar-refractivity contribution in [1.82, 2.24) is 31.9 Å². The molecule has 1 aromatic carbocycles. The summed E-state index contributed by atoms with van der Waals surface area (Å²) < 4.78 is 0. The number of aliphatic carboxylic acids is 1. The van der Waals surface area contributed by atoms with Crippen LogP contribution in [0.4, 0.5) is 0 Å². The van der Waals surface area contributed by atoms with Crippen molar-refractivity contribution < 1.29 is 68.7 Å². The van der Waals surface area contributed by atoms with Gasteiger partial charge >= 0.3 is 5.97 Å². The zero-order valence-corrected chi connectivity index (χ0v) is 29.1. The highest BCUT2D eigenvalue weighted by Gasteiger charge is 2.35. The molecule has 8 atom stereocenters. The number of nitrogens with one attached hydrogen (secondary N) is 6. The van der Waals surface area contributed by atoms with Crippen molar-refractivity contribution in [2.75, 3.05) is 19.8 Å². The van der Waals surface area contributed by atoms with Crippen molar-refractivity contribution in [2.45, 2.75) is 81.0 Å². The van der Waals surface area contributed by atoms with E-state index < -0.39 is 141 Å². The molecule has 0 fully saturated rings. The first-order chi connectivity index (χ1) is 25.3. The lowest BCUT2D eigenvalue weighted by atomic mass is 10.0. The quantitative estimate of drug-likeness (QED) is 0.0464. The Hall–Kier alpha value is -5.75. The highest BCUT2D eigenvalue weighted by molar-refractivity contribution is 5.98. The number of carboxylic acid groups (broad SMARTS) is 1. The van der Waals surface area contributed by atoms with E-state index in [2.05, 4.69) is 26.6 Å². The van der Waals surface area contributed by atoms with Crippen molar-refractivity contribution in [1.29, 1.82) is 0 Å². The number of rotatable bonds is 24. The molecule has 0 radical (unpaired) electrons. The lowest BCUT2D eigenvalue weighted by Gasteiger charge is -2.27. The van der Waals surface area contributed by atoms with Gasteiger partial charge in [-0.05, 0) is 18.9 Å². The minimum Gasteiger partial charge on any atom is -0.481 e. The van der Waals surface area contributed by atoms with E-state index >= 15 is 0 Å². The van der Waals surface area contributed by atoms with Gasteiger partial charge in [-0.1, -0.05) is 30.3 Å². The van der Waals surface area contributed by atoms with Gasteiger partial charge in [-0.3, -0.25) is 43.2 Å². The average molecular weight is 770 g/mol. The summed E-state index contributed by atoms with van der Waals surface area (Å²) >= 11 is 0. The van der Waals surface area contributed by atoms with E-state index in [9.17, 15) is 63.6 Å². The number of amides is 8. The molecule has 23 nitrogen and oxygen atoms in total. The summed E-state index contributed by atoms with van der Waals surface area (Å²) in [5, 5.41) is 60.9. The Kier molecular flexibility index (Phi) is 19.7. The number of hydrogen-bond acceptors (Lipinski definition) is 14. The molecule has 17 N–H and O–H groups in total. The van der Waals surface area contributed by atoms with Gasteiger partial charge in [0.25, 0.3) is 0 Å². The molecule has 0 aliphatic heterocycles. The lowest BCUT2D eigenvalue weighted by molar-refractivity contribution is -0.139. The van der Waals surface area contributed by atoms with Gasteiger partial charge in [-0.2, -0.15) is 0 Å². The van der Waals surface area contributed by atoms with E-state index in [1.165, 1.54) is 0 Å². The molecule has 54 heavy (non-hydrogen) atoms. The molecular formula is C31H47N9O14. The third kappa shape index (κ3) is 15.9. The Labute approximate surface area is 307 Å². The number of carbonyl (C=O) groups is 9. The van der Waals surface area contributed by atoms with Crippen LogP contribution in [0.15, 0.2) is 30.3 Å².